The van der Waals surface area contributed by atoms with Crippen LogP contribution in [0.25, 0.3) is 0 Å². The first-order chi connectivity index (χ1) is 10.0. The summed E-state index contributed by atoms with van der Waals surface area (Å²) in [6, 6.07) is 8.55. The molecule has 1 atom stereocenters. The molecule has 0 aliphatic carbocycles. The van der Waals surface area contributed by atoms with Crippen molar-refractivity contribution in [1.29, 1.82) is 0 Å². The van der Waals surface area contributed by atoms with Crippen LogP contribution >= 0.6 is 15.9 Å². The number of halogens is 3. The van der Waals surface area contributed by atoms with Crippen molar-refractivity contribution >= 4 is 15.9 Å². The maximum Gasteiger partial charge on any atom is 0.144 e. The third-order valence-electron chi connectivity index (χ3n) is 3.07. The number of rotatable bonds is 5. The molecule has 1 N–H and O–H groups in total. The van der Waals surface area contributed by atoms with Gasteiger partial charge in [-0.15, -0.1) is 0 Å². The van der Waals surface area contributed by atoms with Gasteiger partial charge < -0.3 is 10.1 Å². The molecule has 2 aromatic rings. The second-order valence-corrected chi connectivity index (χ2v) is 5.46. The van der Waals surface area contributed by atoms with Crippen LogP contribution in [-0.2, 0) is 0 Å². The van der Waals surface area contributed by atoms with Crippen molar-refractivity contribution in [3.8, 4) is 11.5 Å². The van der Waals surface area contributed by atoms with Crippen LogP contribution in [0.4, 0.5) is 8.78 Å². The molecule has 0 aliphatic heterocycles. The van der Waals surface area contributed by atoms with Gasteiger partial charge >= 0.3 is 0 Å². The maximum atomic E-state index is 14.1. The standard InChI is InChI=1S/C16H16BrF2NO/c1-3-20-10(2)16-13(19)5-4-6-14(16)21-15-9-11(18)7-8-12(15)17/h4-10,20H,3H2,1-2H3. The second-order valence-electron chi connectivity index (χ2n) is 4.61. The average molecular weight is 356 g/mol. The highest BCUT2D eigenvalue weighted by molar-refractivity contribution is 9.10. The molecular formula is C16H16BrF2NO. The van der Waals surface area contributed by atoms with Crippen LogP contribution in [-0.4, -0.2) is 6.54 Å². The first-order valence-corrected chi connectivity index (χ1v) is 7.47. The third kappa shape index (κ3) is 3.80. The molecule has 5 heteroatoms. The summed E-state index contributed by atoms with van der Waals surface area (Å²) in [5.74, 6) is -0.0836. The molecule has 0 aliphatic rings. The summed E-state index contributed by atoms with van der Waals surface area (Å²) in [6.45, 7) is 4.51. The van der Waals surface area contributed by atoms with Crippen molar-refractivity contribution in [3.63, 3.8) is 0 Å². The summed E-state index contributed by atoms with van der Waals surface area (Å²) >= 11 is 3.30. The largest absolute Gasteiger partial charge is 0.456 e. The van der Waals surface area contributed by atoms with E-state index in [1.807, 2.05) is 13.8 Å². The molecule has 1 unspecified atom stereocenters. The zero-order valence-corrected chi connectivity index (χ0v) is 13.4. The van der Waals surface area contributed by atoms with E-state index in [4.69, 9.17) is 4.74 Å². The summed E-state index contributed by atoms with van der Waals surface area (Å²) < 4.78 is 33.7. The fourth-order valence-electron chi connectivity index (χ4n) is 2.11. The Morgan fingerprint density at radius 3 is 2.67 bits per heavy atom. The Morgan fingerprint density at radius 2 is 1.95 bits per heavy atom. The number of benzene rings is 2. The highest BCUT2D eigenvalue weighted by Gasteiger charge is 2.17. The number of nitrogens with one attached hydrogen (secondary N) is 1. The number of ether oxygens (including phenoxy) is 1. The van der Waals surface area contributed by atoms with Gasteiger partial charge in [-0.05, 0) is 53.7 Å². The summed E-state index contributed by atoms with van der Waals surface area (Å²) in [6.07, 6.45) is 0. The molecule has 21 heavy (non-hydrogen) atoms. The lowest BCUT2D eigenvalue weighted by molar-refractivity contribution is 0.443. The molecule has 2 nitrogen and oxygen atoms in total. The van der Waals surface area contributed by atoms with E-state index in [-0.39, 0.29) is 11.9 Å². The molecule has 112 valence electrons. The molecular weight excluding hydrogens is 340 g/mol. The van der Waals surface area contributed by atoms with Crippen molar-refractivity contribution in [1.82, 2.24) is 5.32 Å². The molecule has 0 spiro atoms. The maximum absolute atomic E-state index is 14.1. The van der Waals surface area contributed by atoms with E-state index in [0.29, 0.717) is 28.1 Å². The predicted molar refractivity (Wildman–Crippen MR) is 82.7 cm³/mol. The van der Waals surface area contributed by atoms with E-state index in [2.05, 4.69) is 21.2 Å². The highest BCUT2D eigenvalue weighted by Crippen LogP contribution is 2.35. The van der Waals surface area contributed by atoms with E-state index in [1.165, 1.54) is 18.2 Å². The Kier molecular flexibility index (Phi) is 5.31. The summed E-state index contributed by atoms with van der Waals surface area (Å²) in [4.78, 5) is 0. The van der Waals surface area contributed by atoms with Crippen LogP contribution in [0.1, 0.15) is 25.5 Å². The van der Waals surface area contributed by atoms with Gasteiger partial charge in [0.1, 0.15) is 23.1 Å². The van der Waals surface area contributed by atoms with Crippen molar-refractivity contribution in [3.05, 3.63) is 58.1 Å². The Morgan fingerprint density at radius 1 is 1.19 bits per heavy atom. The molecule has 0 radical (unpaired) electrons. The number of hydrogen-bond acceptors (Lipinski definition) is 2. The minimum absolute atomic E-state index is 0.210. The molecule has 0 aromatic heterocycles. The molecule has 0 heterocycles. The van der Waals surface area contributed by atoms with E-state index >= 15 is 0 Å². The van der Waals surface area contributed by atoms with E-state index in [9.17, 15) is 8.78 Å². The minimum Gasteiger partial charge on any atom is -0.456 e. The summed E-state index contributed by atoms with van der Waals surface area (Å²) in [7, 11) is 0. The molecule has 0 saturated carbocycles. The number of hydrogen-bond donors (Lipinski definition) is 1. The predicted octanol–water partition coefficient (Wildman–Crippen LogP) is 5.19. The molecule has 2 aromatic carbocycles. The topological polar surface area (TPSA) is 21.3 Å². The lowest BCUT2D eigenvalue weighted by Gasteiger charge is -2.18. The van der Waals surface area contributed by atoms with E-state index in [1.54, 1.807) is 18.2 Å². The normalized spacial score (nSPS) is 12.2. The molecule has 0 bridgehead atoms. The van der Waals surface area contributed by atoms with Gasteiger partial charge in [0.2, 0.25) is 0 Å². The Hall–Kier alpha value is -1.46. The fraction of sp³-hybridized carbons (Fsp3) is 0.250. The van der Waals surface area contributed by atoms with Gasteiger partial charge in [-0.3, -0.25) is 0 Å². The van der Waals surface area contributed by atoms with Gasteiger partial charge in [0.05, 0.1) is 4.47 Å². The average Bonchev–Trinajstić information content (AvgIpc) is 2.43. The van der Waals surface area contributed by atoms with Crippen LogP contribution in [0.15, 0.2) is 40.9 Å². The van der Waals surface area contributed by atoms with Gasteiger partial charge in [-0.1, -0.05) is 13.0 Å². The first kappa shape index (κ1) is 15.9. The molecule has 0 saturated heterocycles. The zero-order valence-electron chi connectivity index (χ0n) is 11.8. The smallest absolute Gasteiger partial charge is 0.144 e. The fourth-order valence-corrected chi connectivity index (χ4v) is 2.44. The Bertz CT molecular complexity index is 634. The van der Waals surface area contributed by atoms with Gasteiger partial charge in [0.15, 0.2) is 0 Å². The van der Waals surface area contributed by atoms with E-state index < -0.39 is 5.82 Å². The van der Waals surface area contributed by atoms with Crippen molar-refractivity contribution < 1.29 is 13.5 Å². The van der Waals surface area contributed by atoms with Gasteiger partial charge in [-0.25, -0.2) is 8.78 Å². The SMILES string of the molecule is CCNC(C)c1c(F)cccc1Oc1cc(F)ccc1Br. The van der Waals surface area contributed by atoms with Gasteiger partial charge in [-0.2, -0.15) is 0 Å². The third-order valence-corrected chi connectivity index (χ3v) is 3.72. The molecule has 0 fully saturated rings. The minimum atomic E-state index is -0.411. The second kappa shape index (κ2) is 7.00. The van der Waals surface area contributed by atoms with Gasteiger partial charge in [0, 0.05) is 17.7 Å². The highest BCUT2D eigenvalue weighted by atomic mass is 79.9. The van der Waals surface area contributed by atoms with Crippen LogP contribution < -0.4 is 10.1 Å². The summed E-state index contributed by atoms with van der Waals surface area (Å²) in [5.41, 5.74) is 0.426. The van der Waals surface area contributed by atoms with Gasteiger partial charge in [0.25, 0.3) is 0 Å². The summed E-state index contributed by atoms with van der Waals surface area (Å²) in [5, 5.41) is 3.15. The zero-order chi connectivity index (χ0) is 15.4. The Balaban J connectivity index is 2.40. The lowest BCUT2D eigenvalue weighted by Crippen LogP contribution is -2.19. The lowest BCUT2D eigenvalue weighted by atomic mass is 10.1. The first-order valence-electron chi connectivity index (χ1n) is 6.67. The molecule has 2 rings (SSSR count). The monoisotopic (exact) mass is 355 g/mol. The van der Waals surface area contributed by atoms with Crippen LogP contribution in [0.2, 0.25) is 0 Å². The Labute approximate surface area is 131 Å². The van der Waals surface area contributed by atoms with Crippen molar-refractivity contribution in [2.75, 3.05) is 6.54 Å². The molecule has 0 amide bonds. The van der Waals surface area contributed by atoms with Crippen molar-refractivity contribution in [2.45, 2.75) is 19.9 Å². The quantitative estimate of drug-likeness (QED) is 0.796. The van der Waals surface area contributed by atoms with Crippen LogP contribution in [0, 0.1) is 11.6 Å². The van der Waals surface area contributed by atoms with Crippen LogP contribution in [0.5, 0.6) is 11.5 Å². The van der Waals surface area contributed by atoms with Crippen LogP contribution in [0.3, 0.4) is 0 Å². The van der Waals surface area contributed by atoms with Crippen molar-refractivity contribution in [2.24, 2.45) is 0 Å². The van der Waals surface area contributed by atoms with E-state index in [0.717, 1.165) is 0 Å².